The Hall–Kier alpha value is -1.71. The topological polar surface area (TPSA) is 44.8 Å². The summed E-state index contributed by atoms with van der Waals surface area (Å²) in [6.45, 7) is 5.16. The largest absolute Gasteiger partial charge is 0.497 e. The van der Waals surface area contributed by atoms with Crippen molar-refractivity contribution in [3.63, 3.8) is 0 Å². The van der Waals surface area contributed by atoms with E-state index >= 15 is 0 Å². The Labute approximate surface area is 108 Å². The Morgan fingerprint density at radius 2 is 1.89 bits per heavy atom. The van der Waals surface area contributed by atoms with Gasteiger partial charge in [-0.1, -0.05) is 6.07 Å². The summed E-state index contributed by atoms with van der Waals surface area (Å²) in [6.07, 6.45) is 0.583. The average Bonchev–Trinajstić information content (AvgIpc) is 2.27. The van der Waals surface area contributed by atoms with Gasteiger partial charge in [-0.05, 0) is 25.5 Å². The lowest BCUT2D eigenvalue weighted by Crippen LogP contribution is -2.29. The molecule has 4 heteroatoms. The Morgan fingerprint density at radius 3 is 2.39 bits per heavy atom. The van der Waals surface area contributed by atoms with Crippen LogP contribution in [0, 0.1) is 0 Å². The second kappa shape index (κ2) is 5.76. The molecule has 0 aliphatic carbocycles. The molecule has 1 rings (SSSR count). The summed E-state index contributed by atoms with van der Waals surface area (Å²) in [6, 6.07) is 5.60. The van der Waals surface area contributed by atoms with Gasteiger partial charge in [0.15, 0.2) is 0 Å². The van der Waals surface area contributed by atoms with Gasteiger partial charge in [-0.15, -0.1) is 0 Å². The molecule has 0 unspecified atom stereocenters. The summed E-state index contributed by atoms with van der Waals surface area (Å²) in [5.74, 6) is 1.18. The van der Waals surface area contributed by atoms with Crippen LogP contribution in [0.25, 0.3) is 0 Å². The zero-order valence-corrected chi connectivity index (χ0v) is 11.6. The first-order valence-electron chi connectivity index (χ1n) is 5.78. The second-order valence-electron chi connectivity index (χ2n) is 4.71. The molecule has 18 heavy (non-hydrogen) atoms. The van der Waals surface area contributed by atoms with E-state index in [1.165, 1.54) is 6.92 Å². The van der Waals surface area contributed by atoms with Crippen molar-refractivity contribution in [1.29, 1.82) is 0 Å². The molecule has 0 saturated carbocycles. The summed E-state index contributed by atoms with van der Waals surface area (Å²) in [7, 11) is 3.22. The van der Waals surface area contributed by atoms with Gasteiger partial charge in [0.05, 0.1) is 14.2 Å². The highest BCUT2D eigenvalue weighted by atomic mass is 16.6. The Kier molecular flexibility index (Phi) is 4.59. The normalized spacial score (nSPS) is 10.9. The molecule has 0 heterocycles. The lowest BCUT2D eigenvalue weighted by molar-refractivity contribution is -0.153. The van der Waals surface area contributed by atoms with Gasteiger partial charge < -0.3 is 14.2 Å². The third-order valence-electron chi connectivity index (χ3n) is 2.53. The molecule has 0 aromatic heterocycles. The fourth-order valence-electron chi connectivity index (χ4n) is 1.88. The standard InChI is InChI=1S/C14H20O4/c1-10(15)18-14(2,3)9-11-6-7-12(16-4)8-13(11)17-5/h6-8H,9H2,1-5H3. The minimum Gasteiger partial charge on any atom is -0.497 e. The first kappa shape index (κ1) is 14.4. The quantitative estimate of drug-likeness (QED) is 0.756. The predicted molar refractivity (Wildman–Crippen MR) is 69.1 cm³/mol. The van der Waals surface area contributed by atoms with Crippen LogP contribution in [0.15, 0.2) is 18.2 Å². The lowest BCUT2D eigenvalue weighted by Gasteiger charge is -2.25. The number of methoxy groups -OCH3 is 2. The SMILES string of the molecule is COc1ccc(CC(C)(C)OC(C)=O)c(OC)c1. The van der Waals surface area contributed by atoms with Crippen LogP contribution in [0.4, 0.5) is 0 Å². The summed E-state index contributed by atoms with van der Waals surface area (Å²) in [5, 5.41) is 0. The maximum Gasteiger partial charge on any atom is 0.303 e. The highest BCUT2D eigenvalue weighted by Crippen LogP contribution is 2.28. The lowest BCUT2D eigenvalue weighted by atomic mass is 9.97. The van der Waals surface area contributed by atoms with Gasteiger partial charge in [0, 0.05) is 19.4 Å². The van der Waals surface area contributed by atoms with E-state index in [1.807, 2.05) is 32.0 Å². The van der Waals surface area contributed by atoms with Gasteiger partial charge in [0.1, 0.15) is 17.1 Å². The van der Waals surface area contributed by atoms with Crippen LogP contribution in [0.1, 0.15) is 26.3 Å². The van der Waals surface area contributed by atoms with E-state index in [0.717, 1.165) is 17.1 Å². The van der Waals surface area contributed by atoms with Crippen molar-refractivity contribution in [3.05, 3.63) is 23.8 Å². The molecule has 0 amide bonds. The van der Waals surface area contributed by atoms with Crippen molar-refractivity contribution in [1.82, 2.24) is 0 Å². The van der Waals surface area contributed by atoms with Crippen molar-refractivity contribution in [2.45, 2.75) is 32.8 Å². The molecule has 0 atom stereocenters. The zero-order valence-electron chi connectivity index (χ0n) is 11.6. The molecule has 0 saturated heterocycles. The fourth-order valence-corrected chi connectivity index (χ4v) is 1.88. The fraction of sp³-hybridized carbons (Fsp3) is 0.500. The van der Waals surface area contributed by atoms with E-state index < -0.39 is 5.60 Å². The van der Waals surface area contributed by atoms with Gasteiger partial charge in [0.2, 0.25) is 0 Å². The van der Waals surface area contributed by atoms with Crippen molar-refractivity contribution in [2.24, 2.45) is 0 Å². The van der Waals surface area contributed by atoms with Crippen molar-refractivity contribution in [2.75, 3.05) is 14.2 Å². The maximum atomic E-state index is 11.0. The van der Waals surface area contributed by atoms with E-state index in [4.69, 9.17) is 14.2 Å². The highest BCUT2D eigenvalue weighted by Gasteiger charge is 2.23. The zero-order chi connectivity index (χ0) is 13.8. The molecule has 4 nitrogen and oxygen atoms in total. The Balaban J connectivity index is 2.93. The van der Waals surface area contributed by atoms with E-state index in [1.54, 1.807) is 14.2 Å². The van der Waals surface area contributed by atoms with E-state index in [9.17, 15) is 4.79 Å². The predicted octanol–water partition coefficient (Wildman–Crippen LogP) is 2.59. The molecular formula is C14H20O4. The molecule has 1 aromatic carbocycles. The van der Waals surface area contributed by atoms with E-state index in [2.05, 4.69) is 0 Å². The molecule has 1 aromatic rings. The number of carbonyl (C=O) groups excluding carboxylic acids is 1. The average molecular weight is 252 g/mol. The molecule has 0 N–H and O–H groups in total. The van der Waals surface area contributed by atoms with Crippen LogP contribution in [0.2, 0.25) is 0 Å². The first-order valence-corrected chi connectivity index (χ1v) is 5.78. The summed E-state index contributed by atoms with van der Waals surface area (Å²) < 4.78 is 15.7. The van der Waals surface area contributed by atoms with Crippen LogP contribution in [-0.2, 0) is 16.0 Å². The van der Waals surface area contributed by atoms with Crippen LogP contribution >= 0.6 is 0 Å². The van der Waals surface area contributed by atoms with E-state index in [0.29, 0.717) is 6.42 Å². The van der Waals surface area contributed by atoms with Gasteiger partial charge >= 0.3 is 5.97 Å². The van der Waals surface area contributed by atoms with Gasteiger partial charge in [-0.2, -0.15) is 0 Å². The van der Waals surface area contributed by atoms with Gasteiger partial charge in [0.25, 0.3) is 0 Å². The molecule has 0 bridgehead atoms. The van der Waals surface area contributed by atoms with Gasteiger partial charge in [-0.3, -0.25) is 4.79 Å². The number of rotatable bonds is 5. The molecular weight excluding hydrogens is 232 g/mol. The minimum absolute atomic E-state index is 0.285. The monoisotopic (exact) mass is 252 g/mol. The van der Waals surface area contributed by atoms with Crippen molar-refractivity contribution < 1.29 is 19.0 Å². The molecule has 0 radical (unpaired) electrons. The van der Waals surface area contributed by atoms with Gasteiger partial charge in [-0.25, -0.2) is 0 Å². The molecule has 100 valence electrons. The maximum absolute atomic E-state index is 11.0. The van der Waals surface area contributed by atoms with Crippen molar-refractivity contribution >= 4 is 5.97 Å². The third kappa shape index (κ3) is 3.95. The van der Waals surface area contributed by atoms with Crippen LogP contribution in [0.3, 0.4) is 0 Å². The van der Waals surface area contributed by atoms with E-state index in [-0.39, 0.29) is 5.97 Å². The number of ether oxygens (including phenoxy) is 3. The first-order chi connectivity index (χ1) is 8.38. The number of benzene rings is 1. The highest BCUT2D eigenvalue weighted by molar-refractivity contribution is 5.66. The molecule has 0 fully saturated rings. The molecule has 0 spiro atoms. The number of esters is 1. The summed E-state index contributed by atoms with van der Waals surface area (Å²) in [5.41, 5.74) is 0.415. The summed E-state index contributed by atoms with van der Waals surface area (Å²) in [4.78, 5) is 11.0. The molecule has 0 aliphatic rings. The van der Waals surface area contributed by atoms with Crippen LogP contribution < -0.4 is 9.47 Å². The van der Waals surface area contributed by atoms with Crippen molar-refractivity contribution in [3.8, 4) is 11.5 Å². The Morgan fingerprint density at radius 1 is 1.22 bits per heavy atom. The minimum atomic E-state index is -0.562. The Bertz CT molecular complexity index is 424. The smallest absolute Gasteiger partial charge is 0.303 e. The number of carbonyl (C=O) groups is 1. The molecule has 0 aliphatic heterocycles. The number of hydrogen-bond acceptors (Lipinski definition) is 4. The third-order valence-corrected chi connectivity index (χ3v) is 2.53. The van der Waals surface area contributed by atoms with Crippen LogP contribution in [-0.4, -0.2) is 25.8 Å². The van der Waals surface area contributed by atoms with Crippen LogP contribution in [0.5, 0.6) is 11.5 Å². The summed E-state index contributed by atoms with van der Waals surface area (Å²) >= 11 is 0. The second-order valence-corrected chi connectivity index (χ2v) is 4.71. The number of hydrogen-bond donors (Lipinski definition) is 0.